The van der Waals surface area contributed by atoms with E-state index in [1.54, 1.807) is 0 Å². The molecule has 1 unspecified atom stereocenters. The summed E-state index contributed by atoms with van der Waals surface area (Å²) >= 11 is 1.81. The molecule has 106 valence electrons. The molecule has 0 N–H and O–H groups in total. The van der Waals surface area contributed by atoms with E-state index in [0.29, 0.717) is 5.92 Å². The largest absolute Gasteiger partial charge is 0.300 e. The van der Waals surface area contributed by atoms with Crippen LogP contribution in [0.15, 0.2) is 46.9 Å². The Morgan fingerprint density at radius 1 is 1.37 bits per heavy atom. The number of rotatable bonds is 7. The maximum atomic E-state index is 2.47. The zero-order valence-electron chi connectivity index (χ0n) is 12.7. The van der Waals surface area contributed by atoms with Gasteiger partial charge in [-0.25, -0.2) is 0 Å². The highest BCUT2D eigenvalue weighted by Crippen LogP contribution is 2.24. The fraction of sp³-hybridized carbons (Fsp3) is 0.529. The molecule has 0 aromatic heterocycles. The molecule has 1 aliphatic rings. The normalized spacial score (nSPS) is 19.7. The molecule has 0 radical (unpaired) electrons. The molecule has 0 spiro atoms. The summed E-state index contributed by atoms with van der Waals surface area (Å²) in [5, 5.41) is 0. The molecule has 0 amide bonds. The number of thioether (sulfide) groups is 1. The van der Waals surface area contributed by atoms with Crippen LogP contribution in [0.25, 0.3) is 0 Å². The predicted octanol–water partition coefficient (Wildman–Crippen LogP) is 4.65. The van der Waals surface area contributed by atoms with Crippen LogP contribution < -0.4 is 0 Å². The van der Waals surface area contributed by atoms with Crippen molar-refractivity contribution in [3.8, 4) is 0 Å². The summed E-state index contributed by atoms with van der Waals surface area (Å²) in [6.45, 7) is 10.1. The molecule has 1 nitrogen and oxygen atoms in total. The molecule has 1 atom stereocenters. The van der Waals surface area contributed by atoms with Gasteiger partial charge in [0.25, 0.3) is 0 Å². The van der Waals surface area contributed by atoms with Crippen LogP contribution in [0, 0.1) is 5.92 Å². The SMILES string of the molecule is CCCN(CC)C/C=C/C1=CC=CC(SC)=CC1C. The Morgan fingerprint density at radius 3 is 2.79 bits per heavy atom. The highest BCUT2D eigenvalue weighted by molar-refractivity contribution is 8.02. The van der Waals surface area contributed by atoms with Gasteiger partial charge in [-0.3, -0.25) is 4.90 Å². The Balaban J connectivity index is 2.59. The Bertz CT molecular complexity index is 377. The fourth-order valence-electron chi connectivity index (χ4n) is 2.18. The van der Waals surface area contributed by atoms with Gasteiger partial charge in [-0.15, -0.1) is 11.8 Å². The minimum absolute atomic E-state index is 0.495. The predicted molar refractivity (Wildman–Crippen MR) is 89.5 cm³/mol. The minimum Gasteiger partial charge on any atom is -0.300 e. The molecule has 0 saturated heterocycles. The van der Waals surface area contributed by atoms with Crippen LogP contribution in [0.1, 0.15) is 27.2 Å². The quantitative estimate of drug-likeness (QED) is 0.666. The second-order valence-corrected chi connectivity index (χ2v) is 5.76. The highest BCUT2D eigenvalue weighted by atomic mass is 32.2. The van der Waals surface area contributed by atoms with Gasteiger partial charge < -0.3 is 0 Å². The van der Waals surface area contributed by atoms with E-state index in [9.17, 15) is 0 Å². The monoisotopic (exact) mass is 277 g/mol. The van der Waals surface area contributed by atoms with E-state index in [0.717, 1.165) is 13.1 Å². The smallest absolute Gasteiger partial charge is 0.0166 e. The molecule has 0 fully saturated rings. The van der Waals surface area contributed by atoms with Gasteiger partial charge in [-0.2, -0.15) is 0 Å². The Morgan fingerprint density at radius 2 is 2.16 bits per heavy atom. The molecule has 0 saturated carbocycles. The van der Waals surface area contributed by atoms with E-state index < -0.39 is 0 Å². The summed E-state index contributed by atoms with van der Waals surface area (Å²) in [6, 6.07) is 0. The third kappa shape index (κ3) is 5.84. The van der Waals surface area contributed by atoms with Crippen molar-refractivity contribution in [2.24, 2.45) is 5.92 Å². The first-order valence-electron chi connectivity index (χ1n) is 7.24. The van der Waals surface area contributed by atoms with Crippen LogP contribution in [0.5, 0.6) is 0 Å². The van der Waals surface area contributed by atoms with Crippen LogP contribution in [-0.4, -0.2) is 30.8 Å². The molecule has 0 heterocycles. The number of nitrogens with zero attached hydrogens (tertiary/aromatic N) is 1. The average Bonchev–Trinajstić information content (AvgIpc) is 2.59. The van der Waals surface area contributed by atoms with Crippen LogP contribution in [0.4, 0.5) is 0 Å². The molecule has 19 heavy (non-hydrogen) atoms. The second-order valence-electron chi connectivity index (χ2n) is 4.88. The van der Waals surface area contributed by atoms with E-state index in [4.69, 9.17) is 0 Å². The Labute approximate surface area is 123 Å². The summed E-state index contributed by atoms with van der Waals surface area (Å²) in [7, 11) is 0. The van der Waals surface area contributed by atoms with Gasteiger partial charge in [-0.1, -0.05) is 51.2 Å². The molecule has 0 aliphatic heterocycles. The average molecular weight is 277 g/mol. The Hall–Kier alpha value is -0.730. The van der Waals surface area contributed by atoms with Gasteiger partial charge in [0.1, 0.15) is 0 Å². The number of hydrogen-bond acceptors (Lipinski definition) is 2. The first kappa shape index (κ1) is 16.3. The van der Waals surface area contributed by atoms with Crippen molar-refractivity contribution in [3.05, 3.63) is 46.9 Å². The fourth-order valence-corrected chi connectivity index (χ4v) is 2.73. The van der Waals surface area contributed by atoms with Gasteiger partial charge in [0, 0.05) is 17.4 Å². The first-order chi connectivity index (χ1) is 9.21. The van der Waals surface area contributed by atoms with Crippen LogP contribution in [0.2, 0.25) is 0 Å². The lowest BCUT2D eigenvalue weighted by Gasteiger charge is -2.17. The topological polar surface area (TPSA) is 3.24 Å². The van der Waals surface area contributed by atoms with Crippen molar-refractivity contribution in [2.45, 2.75) is 27.2 Å². The van der Waals surface area contributed by atoms with Gasteiger partial charge in [0.15, 0.2) is 0 Å². The summed E-state index contributed by atoms with van der Waals surface area (Å²) < 4.78 is 0. The molecule has 0 aromatic carbocycles. The molecular weight excluding hydrogens is 250 g/mol. The summed E-state index contributed by atoms with van der Waals surface area (Å²) in [4.78, 5) is 3.82. The van der Waals surface area contributed by atoms with Crippen molar-refractivity contribution < 1.29 is 0 Å². The second kappa shape index (κ2) is 9.22. The van der Waals surface area contributed by atoms with Crippen LogP contribution in [0.3, 0.4) is 0 Å². The maximum absolute atomic E-state index is 2.47. The standard InChI is InChI=1S/C17H27NS/c1-5-12-18(6-2)13-8-10-16-9-7-11-17(19-4)14-15(16)3/h7-11,14-15H,5-6,12-13H2,1-4H3/b10-8+. The van der Waals surface area contributed by atoms with Crippen molar-refractivity contribution in [1.29, 1.82) is 0 Å². The molecule has 1 rings (SSSR count). The molecule has 1 aliphatic carbocycles. The highest BCUT2D eigenvalue weighted by Gasteiger charge is 2.06. The summed E-state index contributed by atoms with van der Waals surface area (Å²) in [5.74, 6) is 0.495. The van der Waals surface area contributed by atoms with E-state index in [1.165, 1.54) is 23.4 Å². The zero-order valence-corrected chi connectivity index (χ0v) is 13.5. The van der Waals surface area contributed by atoms with E-state index in [-0.39, 0.29) is 0 Å². The lowest BCUT2D eigenvalue weighted by atomic mass is 10.0. The molecular formula is C17H27NS. The Kier molecular flexibility index (Phi) is 7.92. The van der Waals surface area contributed by atoms with Crippen LogP contribution >= 0.6 is 11.8 Å². The lowest BCUT2D eigenvalue weighted by molar-refractivity contribution is 0.319. The maximum Gasteiger partial charge on any atom is 0.0166 e. The van der Waals surface area contributed by atoms with Gasteiger partial charge in [0.2, 0.25) is 0 Å². The molecule has 2 heteroatoms. The third-order valence-electron chi connectivity index (χ3n) is 3.39. The molecule has 0 bridgehead atoms. The lowest BCUT2D eigenvalue weighted by Crippen LogP contribution is -2.24. The van der Waals surface area contributed by atoms with Crippen molar-refractivity contribution in [2.75, 3.05) is 25.9 Å². The number of likely N-dealkylation sites (N-methyl/N-ethyl adjacent to an activating group) is 1. The van der Waals surface area contributed by atoms with Crippen molar-refractivity contribution in [1.82, 2.24) is 4.90 Å². The zero-order chi connectivity index (χ0) is 14.1. The summed E-state index contributed by atoms with van der Waals surface area (Å²) in [5.41, 5.74) is 1.40. The van der Waals surface area contributed by atoms with E-state index >= 15 is 0 Å². The number of allylic oxidation sites excluding steroid dienone is 6. The van der Waals surface area contributed by atoms with Gasteiger partial charge in [0.05, 0.1) is 0 Å². The minimum atomic E-state index is 0.495. The van der Waals surface area contributed by atoms with Crippen LogP contribution in [-0.2, 0) is 0 Å². The van der Waals surface area contributed by atoms with E-state index in [2.05, 4.69) is 68.4 Å². The van der Waals surface area contributed by atoms with Gasteiger partial charge in [-0.05, 0) is 37.4 Å². The van der Waals surface area contributed by atoms with Gasteiger partial charge >= 0.3 is 0 Å². The first-order valence-corrected chi connectivity index (χ1v) is 8.46. The van der Waals surface area contributed by atoms with Crippen molar-refractivity contribution >= 4 is 11.8 Å². The summed E-state index contributed by atoms with van der Waals surface area (Å²) in [6.07, 6.45) is 16.9. The number of hydrogen-bond donors (Lipinski definition) is 0. The third-order valence-corrected chi connectivity index (χ3v) is 4.13. The van der Waals surface area contributed by atoms with Crippen molar-refractivity contribution in [3.63, 3.8) is 0 Å². The van der Waals surface area contributed by atoms with E-state index in [1.807, 2.05) is 11.8 Å². The molecule has 0 aromatic rings.